The van der Waals surface area contributed by atoms with Crippen molar-refractivity contribution in [1.29, 1.82) is 0 Å². The average Bonchev–Trinajstić information content (AvgIpc) is 2.65. The summed E-state index contributed by atoms with van der Waals surface area (Å²) >= 11 is 0. The van der Waals surface area contributed by atoms with Crippen molar-refractivity contribution in [3.05, 3.63) is 35.4 Å². The van der Waals surface area contributed by atoms with Crippen LogP contribution in [-0.2, 0) is 11.3 Å². The van der Waals surface area contributed by atoms with Crippen molar-refractivity contribution in [2.75, 3.05) is 19.6 Å². The van der Waals surface area contributed by atoms with Gasteiger partial charge in [-0.05, 0) is 56.7 Å². The van der Waals surface area contributed by atoms with Crippen LogP contribution < -0.4 is 21.3 Å². The zero-order chi connectivity index (χ0) is 19.6. The highest BCUT2D eigenvalue weighted by Crippen LogP contribution is 2.10. The molecule has 2 atom stereocenters. The van der Waals surface area contributed by atoms with Crippen LogP contribution in [0.25, 0.3) is 0 Å². The topological polar surface area (TPSA) is 82.3 Å². The molecule has 1 aliphatic heterocycles. The van der Waals surface area contributed by atoms with Gasteiger partial charge in [0.05, 0.1) is 0 Å². The molecule has 0 spiro atoms. The van der Waals surface area contributed by atoms with Crippen molar-refractivity contribution in [3.8, 4) is 0 Å². The predicted octanol–water partition coefficient (Wildman–Crippen LogP) is 2.32. The largest absolute Gasteiger partial charge is 0.354 e. The number of nitrogens with one attached hydrogen (secondary N) is 4. The normalized spacial score (nSPS) is 18.0. The molecular weight excluding hydrogens is 340 g/mol. The Morgan fingerprint density at radius 2 is 1.93 bits per heavy atom. The van der Waals surface area contributed by atoms with Gasteiger partial charge in [0, 0.05) is 13.1 Å². The first-order valence-electron chi connectivity index (χ1n) is 10.0. The molecule has 0 radical (unpaired) electrons. The van der Waals surface area contributed by atoms with Crippen molar-refractivity contribution in [2.45, 2.75) is 52.6 Å². The molecule has 6 heteroatoms. The van der Waals surface area contributed by atoms with Crippen LogP contribution >= 0.6 is 0 Å². The van der Waals surface area contributed by atoms with E-state index in [0.29, 0.717) is 31.3 Å². The standard InChI is InChI=1S/C21H34N4O2/c1-15(2)11-19(20(26)23-14-18-5-4-10-22-12-18)25-21(27)24-13-17-8-6-16(3)7-9-17/h6-9,15,18-19,22H,4-5,10-14H2,1-3H3,(H,23,26)(H2,24,25,27). The second-order valence-electron chi connectivity index (χ2n) is 7.95. The van der Waals surface area contributed by atoms with Gasteiger partial charge in [-0.3, -0.25) is 4.79 Å². The van der Waals surface area contributed by atoms with Crippen LogP contribution in [-0.4, -0.2) is 37.6 Å². The SMILES string of the molecule is Cc1ccc(CNC(=O)NC(CC(C)C)C(=O)NCC2CCCNC2)cc1. The molecule has 3 amide bonds. The van der Waals surface area contributed by atoms with Gasteiger partial charge in [0.15, 0.2) is 0 Å². The number of hydrogen-bond acceptors (Lipinski definition) is 3. The van der Waals surface area contributed by atoms with Gasteiger partial charge in [-0.15, -0.1) is 0 Å². The minimum atomic E-state index is -0.514. The van der Waals surface area contributed by atoms with Crippen molar-refractivity contribution in [3.63, 3.8) is 0 Å². The number of hydrogen-bond donors (Lipinski definition) is 4. The van der Waals surface area contributed by atoms with E-state index in [9.17, 15) is 9.59 Å². The Balaban J connectivity index is 1.81. The van der Waals surface area contributed by atoms with E-state index in [0.717, 1.165) is 31.5 Å². The lowest BCUT2D eigenvalue weighted by atomic mass is 9.99. The van der Waals surface area contributed by atoms with Crippen LogP contribution in [0.15, 0.2) is 24.3 Å². The summed E-state index contributed by atoms with van der Waals surface area (Å²) in [6.07, 6.45) is 2.90. The lowest BCUT2D eigenvalue weighted by Gasteiger charge is -2.25. The molecule has 1 aliphatic rings. The first-order chi connectivity index (χ1) is 12.9. The molecule has 4 N–H and O–H groups in total. The van der Waals surface area contributed by atoms with Gasteiger partial charge >= 0.3 is 6.03 Å². The van der Waals surface area contributed by atoms with Gasteiger partial charge in [-0.25, -0.2) is 4.79 Å². The van der Waals surface area contributed by atoms with E-state index < -0.39 is 6.04 Å². The molecule has 150 valence electrons. The summed E-state index contributed by atoms with van der Waals surface area (Å²) in [6.45, 7) is 9.24. The smallest absolute Gasteiger partial charge is 0.315 e. The number of carbonyl (C=O) groups is 2. The number of carbonyl (C=O) groups excluding carboxylic acids is 2. The fourth-order valence-corrected chi connectivity index (χ4v) is 3.27. The maximum atomic E-state index is 12.6. The van der Waals surface area contributed by atoms with Crippen molar-refractivity contribution in [2.24, 2.45) is 11.8 Å². The van der Waals surface area contributed by atoms with Crippen molar-refractivity contribution < 1.29 is 9.59 Å². The fraction of sp³-hybridized carbons (Fsp3) is 0.619. The van der Waals surface area contributed by atoms with Crippen LogP contribution in [0, 0.1) is 18.8 Å². The number of urea groups is 1. The van der Waals surface area contributed by atoms with Crippen molar-refractivity contribution in [1.82, 2.24) is 21.3 Å². The van der Waals surface area contributed by atoms with Crippen LogP contribution in [0.1, 0.15) is 44.2 Å². The monoisotopic (exact) mass is 374 g/mol. The molecule has 2 unspecified atom stereocenters. The summed E-state index contributed by atoms with van der Waals surface area (Å²) in [7, 11) is 0. The van der Waals surface area contributed by atoms with Gasteiger partial charge in [-0.1, -0.05) is 43.7 Å². The number of benzene rings is 1. The maximum Gasteiger partial charge on any atom is 0.315 e. The summed E-state index contributed by atoms with van der Waals surface area (Å²) in [4.78, 5) is 24.9. The van der Waals surface area contributed by atoms with Gasteiger partial charge in [0.1, 0.15) is 6.04 Å². The number of amides is 3. The molecule has 1 fully saturated rings. The second-order valence-corrected chi connectivity index (χ2v) is 7.95. The lowest BCUT2D eigenvalue weighted by Crippen LogP contribution is -2.51. The average molecular weight is 375 g/mol. The Labute approximate surface area is 162 Å². The fourth-order valence-electron chi connectivity index (χ4n) is 3.27. The number of piperidine rings is 1. The van der Waals surface area contributed by atoms with Crippen molar-refractivity contribution >= 4 is 11.9 Å². The molecule has 0 aliphatic carbocycles. The summed E-state index contributed by atoms with van der Waals surface area (Å²) in [5.74, 6) is 0.687. The molecule has 1 aromatic rings. The van der Waals surface area contributed by atoms with Crippen LogP contribution in [0.2, 0.25) is 0 Å². The predicted molar refractivity (Wildman–Crippen MR) is 108 cm³/mol. The number of aryl methyl sites for hydroxylation is 1. The first kappa shape index (κ1) is 21.2. The minimum absolute atomic E-state index is 0.0974. The maximum absolute atomic E-state index is 12.6. The summed E-state index contributed by atoms with van der Waals surface area (Å²) in [5, 5.41) is 12.1. The van der Waals surface area contributed by atoms with E-state index in [1.165, 1.54) is 5.56 Å². The van der Waals surface area contributed by atoms with E-state index in [1.54, 1.807) is 0 Å². The van der Waals surface area contributed by atoms with Crippen LogP contribution in [0.4, 0.5) is 4.79 Å². The van der Waals surface area contributed by atoms with E-state index >= 15 is 0 Å². The molecular formula is C21H34N4O2. The summed E-state index contributed by atoms with van der Waals surface area (Å²) in [5.41, 5.74) is 2.22. The Morgan fingerprint density at radius 1 is 1.19 bits per heavy atom. The third-order valence-corrected chi connectivity index (χ3v) is 4.87. The van der Waals surface area contributed by atoms with Crippen LogP contribution in [0.5, 0.6) is 0 Å². The summed E-state index contributed by atoms with van der Waals surface area (Å²) < 4.78 is 0. The molecule has 2 rings (SSSR count). The van der Waals surface area contributed by atoms with Gasteiger partial charge in [-0.2, -0.15) is 0 Å². The molecule has 0 bridgehead atoms. The van der Waals surface area contributed by atoms with E-state index in [4.69, 9.17) is 0 Å². The Kier molecular flexibility index (Phi) is 8.58. The van der Waals surface area contributed by atoms with E-state index in [-0.39, 0.29) is 11.9 Å². The molecule has 1 heterocycles. The van der Waals surface area contributed by atoms with Crippen LogP contribution in [0.3, 0.4) is 0 Å². The molecule has 6 nitrogen and oxygen atoms in total. The second kappa shape index (κ2) is 10.9. The molecule has 1 aromatic carbocycles. The quantitative estimate of drug-likeness (QED) is 0.564. The Morgan fingerprint density at radius 3 is 2.56 bits per heavy atom. The Bertz CT molecular complexity index is 595. The zero-order valence-corrected chi connectivity index (χ0v) is 16.8. The molecule has 0 saturated carbocycles. The third kappa shape index (κ3) is 7.99. The highest BCUT2D eigenvalue weighted by molar-refractivity contribution is 5.87. The van der Waals surface area contributed by atoms with E-state index in [2.05, 4.69) is 35.1 Å². The Hall–Kier alpha value is -2.08. The van der Waals surface area contributed by atoms with Gasteiger partial charge in [0.2, 0.25) is 5.91 Å². The molecule has 1 saturated heterocycles. The zero-order valence-electron chi connectivity index (χ0n) is 16.8. The van der Waals surface area contributed by atoms with E-state index in [1.807, 2.05) is 31.2 Å². The molecule has 27 heavy (non-hydrogen) atoms. The molecule has 0 aromatic heterocycles. The minimum Gasteiger partial charge on any atom is -0.354 e. The number of rotatable bonds is 8. The summed E-state index contributed by atoms with van der Waals surface area (Å²) in [6, 6.07) is 7.20. The third-order valence-electron chi connectivity index (χ3n) is 4.87. The van der Waals surface area contributed by atoms with Gasteiger partial charge < -0.3 is 21.3 Å². The first-order valence-corrected chi connectivity index (χ1v) is 10.0. The van der Waals surface area contributed by atoms with Gasteiger partial charge in [0.25, 0.3) is 0 Å². The highest BCUT2D eigenvalue weighted by atomic mass is 16.2. The highest BCUT2D eigenvalue weighted by Gasteiger charge is 2.23. The lowest BCUT2D eigenvalue weighted by molar-refractivity contribution is -0.123.